The quantitative estimate of drug-likeness (QED) is 0.464. The van der Waals surface area contributed by atoms with Crippen LogP contribution >= 0.6 is 0 Å². The zero-order chi connectivity index (χ0) is 12.4. The summed E-state index contributed by atoms with van der Waals surface area (Å²) in [7, 11) is 0. The van der Waals surface area contributed by atoms with Crippen molar-refractivity contribution < 1.29 is 4.79 Å². The number of ketones is 1. The molecule has 0 atom stereocenters. The summed E-state index contributed by atoms with van der Waals surface area (Å²) in [4.78, 5) is 12.0. The highest BCUT2D eigenvalue weighted by Crippen LogP contribution is 2.38. The fourth-order valence-corrected chi connectivity index (χ4v) is 2.34. The molecule has 2 rings (SSSR count). The number of Topliss-reactive ketones (excluding diaryl/α,β-unsaturated/α-hetero) is 1. The van der Waals surface area contributed by atoms with Gasteiger partial charge in [-0.25, -0.2) is 0 Å². The Morgan fingerprint density at radius 3 is 2.88 bits per heavy atom. The maximum absolute atomic E-state index is 12.0. The number of hydrogen-bond donors (Lipinski definition) is 1. The fraction of sp³-hybridized carbons (Fsp3) is 0.500. The molecular formula is C14H20N2O. The molecule has 1 aromatic heterocycles. The van der Waals surface area contributed by atoms with Crippen LogP contribution in [0.15, 0.2) is 18.7 Å². The Balaban J connectivity index is 2.12. The highest BCUT2D eigenvalue weighted by molar-refractivity contribution is 5.99. The van der Waals surface area contributed by atoms with Gasteiger partial charge in [0.2, 0.25) is 0 Å². The number of carbonyl (C=O) groups is 1. The number of rotatable bonds is 6. The standard InChI is InChI=1S/C14H20N2O/c1-4-7-15-9-14(17)13-8-10(2)16(11(13)3)12-5-6-12/h4,8,12,15H,1,5-7,9H2,2-3H3. The molecule has 0 unspecified atom stereocenters. The first-order valence-corrected chi connectivity index (χ1v) is 6.18. The molecule has 1 fully saturated rings. The van der Waals surface area contributed by atoms with Gasteiger partial charge in [-0.15, -0.1) is 6.58 Å². The molecule has 0 radical (unpaired) electrons. The molecule has 0 aromatic carbocycles. The van der Waals surface area contributed by atoms with Gasteiger partial charge >= 0.3 is 0 Å². The predicted molar refractivity (Wildman–Crippen MR) is 69.6 cm³/mol. The van der Waals surface area contributed by atoms with E-state index in [1.165, 1.54) is 18.5 Å². The monoisotopic (exact) mass is 232 g/mol. The average Bonchev–Trinajstić information content (AvgIpc) is 3.06. The number of aryl methyl sites for hydroxylation is 1. The van der Waals surface area contributed by atoms with Gasteiger partial charge < -0.3 is 9.88 Å². The van der Waals surface area contributed by atoms with Crippen LogP contribution in [-0.2, 0) is 0 Å². The molecule has 0 saturated heterocycles. The van der Waals surface area contributed by atoms with Crippen molar-refractivity contribution in [1.82, 2.24) is 9.88 Å². The summed E-state index contributed by atoms with van der Waals surface area (Å²) in [5, 5.41) is 3.06. The van der Waals surface area contributed by atoms with Crippen LogP contribution in [0.5, 0.6) is 0 Å². The maximum atomic E-state index is 12.0. The predicted octanol–water partition coefficient (Wildman–Crippen LogP) is 2.40. The number of carbonyl (C=O) groups excluding carboxylic acids is 1. The van der Waals surface area contributed by atoms with Crippen LogP contribution < -0.4 is 5.32 Å². The lowest BCUT2D eigenvalue weighted by Gasteiger charge is -2.07. The van der Waals surface area contributed by atoms with E-state index in [4.69, 9.17) is 0 Å². The van der Waals surface area contributed by atoms with E-state index in [0.717, 1.165) is 11.3 Å². The van der Waals surface area contributed by atoms with E-state index in [1.54, 1.807) is 6.08 Å². The third kappa shape index (κ3) is 2.50. The first kappa shape index (κ1) is 12.1. The van der Waals surface area contributed by atoms with Crippen molar-refractivity contribution in [2.24, 2.45) is 0 Å². The summed E-state index contributed by atoms with van der Waals surface area (Å²) < 4.78 is 2.31. The first-order valence-electron chi connectivity index (χ1n) is 6.18. The second-order valence-corrected chi connectivity index (χ2v) is 4.73. The average molecular weight is 232 g/mol. The zero-order valence-corrected chi connectivity index (χ0v) is 10.6. The van der Waals surface area contributed by atoms with Crippen molar-refractivity contribution in [2.45, 2.75) is 32.7 Å². The lowest BCUT2D eigenvalue weighted by atomic mass is 10.1. The van der Waals surface area contributed by atoms with Crippen molar-refractivity contribution >= 4 is 5.78 Å². The molecule has 3 nitrogen and oxygen atoms in total. The highest BCUT2D eigenvalue weighted by atomic mass is 16.1. The second kappa shape index (κ2) is 4.88. The van der Waals surface area contributed by atoms with E-state index in [0.29, 0.717) is 19.1 Å². The maximum Gasteiger partial charge on any atom is 0.178 e. The van der Waals surface area contributed by atoms with E-state index >= 15 is 0 Å². The van der Waals surface area contributed by atoms with Crippen molar-refractivity contribution in [3.8, 4) is 0 Å². The Morgan fingerprint density at radius 2 is 2.29 bits per heavy atom. The Bertz CT molecular complexity index is 441. The van der Waals surface area contributed by atoms with Crippen LogP contribution in [0.1, 0.15) is 40.6 Å². The molecule has 1 aliphatic rings. The van der Waals surface area contributed by atoms with Gasteiger partial charge in [0.05, 0.1) is 6.54 Å². The van der Waals surface area contributed by atoms with Crippen LogP contribution in [0, 0.1) is 13.8 Å². The van der Waals surface area contributed by atoms with Gasteiger partial charge in [0, 0.05) is 29.5 Å². The zero-order valence-electron chi connectivity index (χ0n) is 10.6. The minimum absolute atomic E-state index is 0.173. The SMILES string of the molecule is C=CCNCC(=O)c1cc(C)n(C2CC2)c1C. The summed E-state index contributed by atoms with van der Waals surface area (Å²) in [6, 6.07) is 2.66. The molecule has 0 spiro atoms. The first-order chi connectivity index (χ1) is 8.15. The van der Waals surface area contributed by atoms with Crippen molar-refractivity contribution in [3.05, 3.63) is 35.7 Å². The Hall–Kier alpha value is -1.35. The van der Waals surface area contributed by atoms with Crippen LogP contribution in [0.2, 0.25) is 0 Å². The van der Waals surface area contributed by atoms with Gasteiger partial charge in [-0.2, -0.15) is 0 Å². The second-order valence-electron chi connectivity index (χ2n) is 4.73. The number of nitrogens with one attached hydrogen (secondary N) is 1. The molecule has 1 heterocycles. The Labute approximate surface area is 103 Å². The Kier molecular flexibility index (Phi) is 3.48. The number of hydrogen-bond acceptors (Lipinski definition) is 2. The molecule has 1 saturated carbocycles. The molecular weight excluding hydrogens is 212 g/mol. The molecule has 0 aliphatic heterocycles. The number of nitrogens with zero attached hydrogens (tertiary/aromatic N) is 1. The summed E-state index contributed by atoms with van der Waals surface area (Å²) in [6.45, 7) is 8.81. The van der Waals surface area contributed by atoms with Gasteiger partial charge in [0.15, 0.2) is 5.78 Å². The molecule has 1 aromatic rings. The lowest BCUT2D eigenvalue weighted by molar-refractivity contribution is 0.0991. The highest BCUT2D eigenvalue weighted by Gasteiger charge is 2.28. The summed E-state index contributed by atoms with van der Waals surface area (Å²) in [5.41, 5.74) is 3.19. The van der Waals surface area contributed by atoms with E-state index < -0.39 is 0 Å². The van der Waals surface area contributed by atoms with Gasteiger partial charge in [-0.1, -0.05) is 6.08 Å². The minimum Gasteiger partial charge on any atom is -0.345 e. The van der Waals surface area contributed by atoms with E-state index in [9.17, 15) is 4.79 Å². The summed E-state index contributed by atoms with van der Waals surface area (Å²) >= 11 is 0. The molecule has 0 bridgehead atoms. The van der Waals surface area contributed by atoms with Gasteiger partial charge in [-0.3, -0.25) is 4.79 Å². The van der Waals surface area contributed by atoms with Crippen LogP contribution in [-0.4, -0.2) is 23.4 Å². The smallest absolute Gasteiger partial charge is 0.178 e. The third-order valence-corrected chi connectivity index (χ3v) is 3.27. The Morgan fingerprint density at radius 1 is 1.59 bits per heavy atom. The van der Waals surface area contributed by atoms with Gasteiger partial charge in [-0.05, 0) is 32.8 Å². The molecule has 1 aliphatic carbocycles. The van der Waals surface area contributed by atoms with E-state index in [1.807, 2.05) is 13.0 Å². The molecule has 17 heavy (non-hydrogen) atoms. The summed E-state index contributed by atoms with van der Waals surface area (Å²) in [6.07, 6.45) is 4.26. The molecule has 0 amide bonds. The number of aromatic nitrogens is 1. The minimum atomic E-state index is 0.173. The van der Waals surface area contributed by atoms with E-state index in [-0.39, 0.29) is 5.78 Å². The van der Waals surface area contributed by atoms with Crippen molar-refractivity contribution in [3.63, 3.8) is 0 Å². The fourth-order valence-electron chi connectivity index (χ4n) is 2.34. The third-order valence-electron chi connectivity index (χ3n) is 3.27. The van der Waals surface area contributed by atoms with Crippen molar-refractivity contribution in [1.29, 1.82) is 0 Å². The topological polar surface area (TPSA) is 34.0 Å². The van der Waals surface area contributed by atoms with Gasteiger partial charge in [0.25, 0.3) is 0 Å². The van der Waals surface area contributed by atoms with Crippen LogP contribution in [0.4, 0.5) is 0 Å². The van der Waals surface area contributed by atoms with Gasteiger partial charge in [0.1, 0.15) is 0 Å². The summed E-state index contributed by atoms with van der Waals surface area (Å²) in [5.74, 6) is 0.173. The van der Waals surface area contributed by atoms with Crippen LogP contribution in [0.3, 0.4) is 0 Å². The molecule has 92 valence electrons. The van der Waals surface area contributed by atoms with Crippen LogP contribution in [0.25, 0.3) is 0 Å². The molecule has 3 heteroatoms. The van der Waals surface area contributed by atoms with Crippen molar-refractivity contribution in [2.75, 3.05) is 13.1 Å². The normalized spacial score (nSPS) is 14.9. The lowest BCUT2D eigenvalue weighted by Crippen LogP contribution is -2.23. The van der Waals surface area contributed by atoms with E-state index in [2.05, 4.69) is 23.4 Å². The largest absolute Gasteiger partial charge is 0.345 e. The molecule has 1 N–H and O–H groups in total.